The van der Waals surface area contributed by atoms with E-state index in [1.807, 2.05) is 25.2 Å². The Bertz CT molecular complexity index is 510. The molecule has 0 bridgehead atoms. The van der Waals surface area contributed by atoms with Gasteiger partial charge in [0, 0.05) is 18.8 Å². The van der Waals surface area contributed by atoms with Crippen LogP contribution in [0.5, 0.6) is 0 Å². The van der Waals surface area contributed by atoms with E-state index in [2.05, 4.69) is 10.0 Å². The highest BCUT2D eigenvalue weighted by Crippen LogP contribution is 2.17. The zero-order chi connectivity index (χ0) is 13.7. The minimum Gasteiger partial charge on any atom is -0.377 e. The van der Waals surface area contributed by atoms with E-state index in [9.17, 15) is 8.42 Å². The summed E-state index contributed by atoms with van der Waals surface area (Å²) in [6, 6.07) is 7.39. The molecule has 1 heterocycles. The Morgan fingerprint density at radius 2 is 2.26 bits per heavy atom. The standard InChI is InChI=1S/C13H20N2O3S/c1-14-9-11-4-2-5-12(8-11)15-19(16,17)10-13-6-3-7-18-13/h2,4-5,8,13-15H,3,6-7,9-10H2,1H3. The number of rotatable bonds is 6. The van der Waals surface area contributed by atoms with Gasteiger partial charge >= 0.3 is 0 Å². The van der Waals surface area contributed by atoms with Gasteiger partial charge in [-0.05, 0) is 37.6 Å². The Balaban J connectivity index is 2.00. The molecule has 2 rings (SSSR count). The van der Waals surface area contributed by atoms with Gasteiger partial charge in [-0.25, -0.2) is 8.42 Å². The number of nitrogens with one attached hydrogen (secondary N) is 2. The van der Waals surface area contributed by atoms with Crippen molar-refractivity contribution >= 4 is 15.7 Å². The first kappa shape index (κ1) is 14.3. The molecule has 19 heavy (non-hydrogen) atoms. The lowest BCUT2D eigenvalue weighted by molar-refractivity contribution is 0.127. The van der Waals surface area contributed by atoms with E-state index in [-0.39, 0.29) is 11.9 Å². The molecule has 1 fully saturated rings. The fourth-order valence-corrected chi connectivity index (χ4v) is 3.51. The third-order valence-corrected chi connectivity index (χ3v) is 4.37. The Hall–Kier alpha value is -1.11. The van der Waals surface area contributed by atoms with Crippen molar-refractivity contribution in [2.24, 2.45) is 0 Å². The van der Waals surface area contributed by atoms with E-state index >= 15 is 0 Å². The second kappa shape index (κ2) is 6.36. The van der Waals surface area contributed by atoms with Crippen LogP contribution in [-0.4, -0.2) is 33.9 Å². The lowest BCUT2D eigenvalue weighted by Crippen LogP contribution is -2.25. The van der Waals surface area contributed by atoms with Gasteiger partial charge in [-0.15, -0.1) is 0 Å². The van der Waals surface area contributed by atoms with Gasteiger partial charge in [0.2, 0.25) is 10.0 Å². The number of benzene rings is 1. The predicted octanol–water partition coefficient (Wildman–Crippen LogP) is 1.33. The zero-order valence-electron chi connectivity index (χ0n) is 11.1. The molecule has 0 spiro atoms. The summed E-state index contributed by atoms with van der Waals surface area (Å²) in [6.45, 7) is 1.37. The van der Waals surface area contributed by atoms with Crippen molar-refractivity contribution < 1.29 is 13.2 Å². The second-order valence-corrected chi connectivity index (χ2v) is 6.52. The summed E-state index contributed by atoms with van der Waals surface area (Å²) in [7, 11) is -1.49. The third kappa shape index (κ3) is 4.49. The average molecular weight is 284 g/mol. The maximum absolute atomic E-state index is 12.0. The van der Waals surface area contributed by atoms with E-state index in [1.165, 1.54) is 0 Å². The van der Waals surface area contributed by atoms with Crippen LogP contribution in [-0.2, 0) is 21.3 Å². The molecule has 1 aromatic rings. The normalized spacial score (nSPS) is 19.5. The summed E-state index contributed by atoms with van der Waals surface area (Å²) in [4.78, 5) is 0. The highest BCUT2D eigenvalue weighted by molar-refractivity contribution is 7.92. The largest absolute Gasteiger partial charge is 0.377 e. The first-order chi connectivity index (χ1) is 9.09. The van der Waals surface area contributed by atoms with Crippen molar-refractivity contribution in [3.05, 3.63) is 29.8 Å². The molecule has 2 N–H and O–H groups in total. The SMILES string of the molecule is CNCc1cccc(NS(=O)(=O)CC2CCCO2)c1. The van der Waals surface area contributed by atoms with Crippen LogP contribution in [0.1, 0.15) is 18.4 Å². The van der Waals surface area contributed by atoms with E-state index in [0.717, 1.165) is 18.4 Å². The van der Waals surface area contributed by atoms with Gasteiger partial charge in [0.25, 0.3) is 0 Å². The molecular weight excluding hydrogens is 264 g/mol. The number of anilines is 1. The van der Waals surface area contributed by atoms with Gasteiger partial charge in [0.15, 0.2) is 0 Å². The van der Waals surface area contributed by atoms with Crippen LogP contribution < -0.4 is 10.0 Å². The van der Waals surface area contributed by atoms with Crippen LogP contribution >= 0.6 is 0 Å². The minimum atomic E-state index is -3.35. The van der Waals surface area contributed by atoms with Crippen molar-refractivity contribution in [1.29, 1.82) is 0 Å². The Morgan fingerprint density at radius 3 is 2.95 bits per heavy atom. The molecule has 106 valence electrons. The monoisotopic (exact) mass is 284 g/mol. The van der Waals surface area contributed by atoms with Gasteiger partial charge in [-0.3, -0.25) is 4.72 Å². The first-order valence-corrected chi connectivity index (χ1v) is 8.10. The van der Waals surface area contributed by atoms with E-state index in [4.69, 9.17) is 4.74 Å². The third-order valence-electron chi connectivity index (χ3n) is 3.01. The van der Waals surface area contributed by atoms with Gasteiger partial charge < -0.3 is 10.1 Å². The fraction of sp³-hybridized carbons (Fsp3) is 0.538. The maximum Gasteiger partial charge on any atom is 0.235 e. The number of sulfonamides is 1. The smallest absolute Gasteiger partial charge is 0.235 e. The quantitative estimate of drug-likeness (QED) is 0.827. The van der Waals surface area contributed by atoms with E-state index in [1.54, 1.807) is 6.07 Å². The van der Waals surface area contributed by atoms with Crippen molar-refractivity contribution in [2.75, 3.05) is 24.1 Å². The van der Waals surface area contributed by atoms with Crippen LogP contribution in [0.15, 0.2) is 24.3 Å². The van der Waals surface area contributed by atoms with Crippen LogP contribution in [0, 0.1) is 0 Å². The molecule has 0 aromatic heterocycles. The molecule has 1 aromatic carbocycles. The molecule has 1 unspecified atom stereocenters. The summed E-state index contributed by atoms with van der Waals surface area (Å²) < 4.78 is 32.0. The topological polar surface area (TPSA) is 67.4 Å². The number of hydrogen-bond donors (Lipinski definition) is 2. The summed E-state index contributed by atoms with van der Waals surface area (Å²) in [5, 5.41) is 3.04. The van der Waals surface area contributed by atoms with E-state index < -0.39 is 10.0 Å². The molecule has 5 nitrogen and oxygen atoms in total. The van der Waals surface area contributed by atoms with Crippen LogP contribution in [0.3, 0.4) is 0 Å². The number of ether oxygens (including phenoxy) is 1. The number of hydrogen-bond acceptors (Lipinski definition) is 4. The summed E-state index contributed by atoms with van der Waals surface area (Å²) in [6.07, 6.45) is 1.59. The summed E-state index contributed by atoms with van der Waals surface area (Å²) in [5.74, 6) is 0.0310. The first-order valence-electron chi connectivity index (χ1n) is 6.45. The molecule has 1 aliphatic heterocycles. The minimum absolute atomic E-state index is 0.0310. The molecule has 1 saturated heterocycles. The van der Waals surface area contributed by atoms with Gasteiger partial charge in [-0.1, -0.05) is 12.1 Å². The molecular formula is C13H20N2O3S. The zero-order valence-corrected chi connectivity index (χ0v) is 11.9. The molecule has 1 atom stereocenters. The Labute approximate surface area is 114 Å². The van der Waals surface area contributed by atoms with Crippen LogP contribution in [0.25, 0.3) is 0 Å². The summed E-state index contributed by atoms with van der Waals surface area (Å²) >= 11 is 0. The van der Waals surface area contributed by atoms with Crippen molar-refractivity contribution in [3.8, 4) is 0 Å². The van der Waals surface area contributed by atoms with E-state index in [0.29, 0.717) is 18.8 Å². The molecule has 1 aliphatic rings. The lowest BCUT2D eigenvalue weighted by Gasteiger charge is -2.12. The fourth-order valence-electron chi connectivity index (χ4n) is 2.19. The van der Waals surface area contributed by atoms with Gasteiger partial charge in [0.1, 0.15) is 0 Å². The van der Waals surface area contributed by atoms with Crippen molar-refractivity contribution in [3.63, 3.8) is 0 Å². The molecule has 0 radical (unpaired) electrons. The molecule has 0 saturated carbocycles. The van der Waals surface area contributed by atoms with Gasteiger partial charge in [0.05, 0.1) is 11.9 Å². The van der Waals surface area contributed by atoms with Crippen LogP contribution in [0.2, 0.25) is 0 Å². The lowest BCUT2D eigenvalue weighted by atomic mass is 10.2. The van der Waals surface area contributed by atoms with Crippen LogP contribution in [0.4, 0.5) is 5.69 Å². The Morgan fingerprint density at radius 1 is 1.42 bits per heavy atom. The second-order valence-electron chi connectivity index (χ2n) is 4.75. The molecule has 0 aliphatic carbocycles. The van der Waals surface area contributed by atoms with Gasteiger partial charge in [-0.2, -0.15) is 0 Å². The van der Waals surface area contributed by atoms with Crippen molar-refractivity contribution in [2.45, 2.75) is 25.5 Å². The maximum atomic E-state index is 12.0. The highest BCUT2D eigenvalue weighted by Gasteiger charge is 2.23. The molecule has 0 amide bonds. The molecule has 6 heteroatoms. The Kier molecular flexibility index (Phi) is 4.79. The summed E-state index contributed by atoms with van der Waals surface area (Å²) in [5.41, 5.74) is 1.64. The highest BCUT2D eigenvalue weighted by atomic mass is 32.2. The van der Waals surface area contributed by atoms with Crippen molar-refractivity contribution in [1.82, 2.24) is 5.32 Å². The predicted molar refractivity (Wildman–Crippen MR) is 75.6 cm³/mol. The average Bonchev–Trinajstić information content (AvgIpc) is 2.81.